The van der Waals surface area contributed by atoms with Crippen molar-refractivity contribution in [1.82, 2.24) is 10.2 Å². The summed E-state index contributed by atoms with van der Waals surface area (Å²) >= 11 is 0. The maximum atomic E-state index is 12.6. The number of amides is 3. The number of benzene rings is 3. The minimum Gasteiger partial charge on any atom is -0.374 e. The van der Waals surface area contributed by atoms with Gasteiger partial charge < -0.3 is 20.7 Å². The van der Waals surface area contributed by atoms with Crippen LogP contribution in [0.25, 0.3) is 0 Å². The summed E-state index contributed by atoms with van der Waals surface area (Å²) in [5, 5.41) is 8.62. The molecule has 1 aliphatic rings. The maximum Gasteiger partial charge on any atom is 0.319 e. The zero-order chi connectivity index (χ0) is 23.8. The molecule has 0 spiro atoms. The molecule has 1 aliphatic heterocycles. The smallest absolute Gasteiger partial charge is 0.319 e. The highest BCUT2D eigenvalue weighted by Gasteiger charge is 2.21. The number of aryl methyl sites for hydroxylation is 1. The first-order chi connectivity index (χ1) is 16.6. The van der Waals surface area contributed by atoms with E-state index in [1.165, 1.54) is 5.56 Å². The molecule has 0 aromatic heterocycles. The summed E-state index contributed by atoms with van der Waals surface area (Å²) in [4.78, 5) is 27.5. The lowest BCUT2D eigenvalue weighted by molar-refractivity contribution is -0.0285. The molecule has 4 rings (SSSR count). The lowest BCUT2D eigenvalue weighted by Crippen LogP contribution is -2.47. The number of hydrogen-bond acceptors (Lipinski definition) is 4. The predicted octanol–water partition coefficient (Wildman–Crippen LogP) is 4.27. The number of morpholine rings is 1. The summed E-state index contributed by atoms with van der Waals surface area (Å²) in [6.07, 6.45) is -0.0766. The van der Waals surface area contributed by atoms with Crippen molar-refractivity contribution in [2.45, 2.75) is 19.6 Å². The van der Waals surface area contributed by atoms with Crippen molar-refractivity contribution >= 4 is 23.3 Å². The molecule has 176 valence electrons. The normalized spacial score (nSPS) is 16.0. The molecule has 0 aliphatic carbocycles. The van der Waals surface area contributed by atoms with Gasteiger partial charge in [0.15, 0.2) is 0 Å². The molecule has 3 aromatic carbocycles. The van der Waals surface area contributed by atoms with Crippen molar-refractivity contribution in [1.29, 1.82) is 0 Å². The average Bonchev–Trinajstić information content (AvgIpc) is 2.85. The number of anilines is 2. The quantitative estimate of drug-likeness (QED) is 0.494. The summed E-state index contributed by atoms with van der Waals surface area (Å²) in [6.45, 7) is 5.42. The zero-order valence-corrected chi connectivity index (χ0v) is 19.3. The van der Waals surface area contributed by atoms with Gasteiger partial charge in [-0.2, -0.15) is 0 Å². The van der Waals surface area contributed by atoms with Gasteiger partial charge in [0.1, 0.15) is 0 Å². The molecule has 3 aromatic rings. The fraction of sp³-hybridized carbons (Fsp3) is 0.259. The Hall–Kier alpha value is -3.68. The monoisotopic (exact) mass is 458 g/mol. The second-order valence-electron chi connectivity index (χ2n) is 8.40. The number of para-hydroxylation sites is 1. The Morgan fingerprint density at radius 3 is 2.47 bits per heavy atom. The van der Waals surface area contributed by atoms with Gasteiger partial charge >= 0.3 is 6.03 Å². The van der Waals surface area contributed by atoms with Crippen molar-refractivity contribution in [3.63, 3.8) is 0 Å². The largest absolute Gasteiger partial charge is 0.374 e. The number of nitrogens with zero attached hydrogens (tertiary/aromatic N) is 1. The Morgan fingerprint density at radius 2 is 1.71 bits per heavy atom. The van der Waals surface area contributed by atoms with Gasteiger partial charge in [0.2, 0.25) is 0 Å². The highest BCUT2D eigenvalue weighted by molar-refractivity contribution is 6.05. The molecule has 1 saturated heterocycles. The van der Waals surface area contributed by atoms with Crippen LogP contribution in [0, 0.1) is 6.92 Å². The molecule has 1 atom stereocenters. The Kier molecular flexibility index (Phi) is 7.91. The molecular weight excluding hydrogens is 428 g/mol. The van der Waals surface area contributed by atoms with Crippen LogP contribution in [-0.4, -0.2) is 49.2 Å². The predicted molar refractivity (Wildman–Crippen MR) is 134 cm³/mol. The molecule has 1 unspecified atom stereocenters. The van der Waals surface area contributed by atoms with E-state index in [1.807, 2.05) is 61.5 Å². The number of hydrogen-bond donors (Lipinski definition) is 3. The van der Waals surface area contributed by atoms with Crippen LogP contribution in [0.3, 0.4) is 0 Å². The van der Waals surface area contributed by atoms with Gasteiger partial charge in [-0.15, -0.1) is 0 Å². The lowest BCUT2D eigenvalue weighted by Gasteiger charge is -2.33. The van der Waals surface area contributed by atoms with E-state index in [4.69, 9.17) is 4.74 Å². The van der Waals surface area contributed by atoms with Gasteiger partial charge in [-0.1, -0.05) is 54.6 Å². The molecule has 0 bridgehead atoms. The third-order valence-electron chi connectivity index (χ3n) is 5.74. The highest BCUT2D eigenvalue weighted by Crippen LogP contribution is 2.18. The Labute approximate surface area is 200 Å². The number of rotatable bonds is 7. The van der Waals surface area contributed by atoms with E-state index < -0.39 is 0 Å². The van der Waals surface area contributed by atoms with E-state index >= 15 is 0 Å². The Morgan fingerprint density at radius 1 is 0.971 bits per heavy atom. The van der Waals surface area contributed by atoms with E-state index in [9.17, 15) is 9.59 Å². The van der Waals surface area contributed by atoms with E-state index in [2.05, 4.69) is 33.0 Å². The molecule has 7 heteroatoms. The molecule has 0 saturated carbocycles. The molecule has 3 amide bonds. The van der Waals surface area contributed by atoms with E-state index in [0.29, 0.717) is 30.1 Å². The van der Waals surface area contributed by atoms with E-state index in [-0.39, 0.29) is 18.0 Å². The summed E-state index contributed by atoms with van der Waals surface area (Å²) in [5.41, 5.74) is 3.91. The van der Waals surface area contributed by atoms with Gasteiger partial charge in [0, 0.05) is 43.1 Å². The molecule has 7 nitrogen and oxygen atoms in total. The third-order valence-corrected chi connectivity index (χ3v) is 5.74. The van der Waals surface area contributed by atoms with Gasteiger partial charge in [0.05, 0.1) is 12.7 Å². The van der Waals surface area contributed by atoms with Crippen LogP contribution in [0.15, 0.2) is 78.9 Å². The molecule has 1 fully saturated rings. The molecule has 1 heterocycles. The van der Waals surface area contributed by atoms with Crippen LogP contribution in [-0.2, 0) is 11.3 Å². The number of nitrogens with one attached hydrogen (secondary N) is 3. The minimum atomic E-state index is -0.326. The van der Waals surface area contributed by atoms with Crippen molar-refractivity contribution < 1.29 is 14.3 Å². The minimum absolute atomic E-state index is 0.0766. The van der Waals surface area contributed by atoms with Crippen LogP contribution in [0.2, 0.25) is 0 Å². The SMILES string of the molecule is Cc1ccc(C(=O)Nc2ccccc2)cc1NC(=O)NCC1CN(Cc2ccccc2)CCO1. The lowest BCUT2D eigenvalue weighted by atomic mass is 10.1. The van der Waals surface area contributed by atoms with Crippen LogP contribution in [0.1, 0.15) is 21.5 Å². The van der Waals surface area contributed by atoms with Crippen molar-refractivity contribution in [2.24, 2.45) is 0 Å². The zero-order valence-electron chi connectivity index (χ0n) is 19.3. The molecule has 34 heavy (non-hydrogen) atoms. The third kappa shape index (κ3) is 6.66. The second kappa shape index (κ2) is 11.4. The van der Waals surface area contributed by atoms with Crippen LogP contribution < -0.4 is 16.0 Å². The summed E-state index contributed by atoms with van der Waals surface area (Å²) in [6, 6.07) is 24.5. The van der Waals surface area contributed by atoms with Gasteiger partial charge in [-0.05, 0) is 42.3 Å². The molecule has 0 radical (unpaired) electrons. The second-order valence-corrected chi connectivity index (χ2v) is 8.40. The number of carbonyl (C=O) groups is 2. The first kappa shape index (κ1) is 23.5. The number of carbonyl (C=O) groups excluding carboxylic acids is 2. The highest BCUT2D eigenvalue weighted by atomic mass is 16.5. The van der Waals surface area contributed by atoms with Crippen LogP contribution >= 0.6 is 0 Å². The standard InChI is InChI=1S/C27H30N4O3/c1-20-12-13-22(26(32)29-23-10-6-3-7-11-23)16-25(20)30-27(33)28-17-24-19-31(14-15-34-24)18-21-8-4-2-5-9-21/h2-13,16,24H,14-15,17-19H2,1H3,(H,29,32)(H2,28,30,33). The van der Waals surface area contributed by atoms with Gasteiger partial charge in [-0.3, -0.25) is 9.69 Å². The fourth-order valence-corrected chi connectivity index (χ4v) is 3.88. The Balaban J connectivity index is 1.28. The molecule has 3 N–H and O–H groups in total. The van der Waals surface area contributed by atoms with E-state index in [0.717, 1.165) is 25.2 Å². The van der Waals surface area contributed by atoms with Crippen molar-refractivity contribution in [3.05, 3.63) is 95.6 Å². The summed E-state index contributed by atoms with van der Waals surface area (Å²) < 4.78 is 5.84. The maximum absolute atomic E-state index is 12.6. The van der Waals surface area contributed by atoms with Gasteiger partial charge in [0.25, 0.3) is 5.91 Å². The topological polar surface area (TPSA) is 82.7 Å². The van der Waals surface area contributed by atoms with Crippen LogP contribution in [0.5, 0.6) is 0 Å². The Bertz CT molecular complexity index is 1110. The number of urea groups is 1. The van der Waals surface area contributed by atoms with Gasteiger partial charge in [-0.25, -0.2) is 4.79 Å². The average molecular weight is 459 g/mol. The first-order valence-corrected chi connectivity index (χ1v) is 11.5. The fourth-order valence-electron chi connectivity index (χ4n) is 3.88. The first-order valence-electron chi connectivity index (χ1n) is 11.5. The van der Waals surface area contributed by atoms with Crippen molar-refractivity contribution in [2.75, 3.05) is 36.9 Å². The van der Waals surface area contributed by atoms with Crippen molar-refractivity contribution in [3.8, 4) is 0 Å². The van der Waals surface area contributed by atoms with Crippen LogP contribution in [0.4, 0.5) is 16.2 Å². The number of ether oxygens (including phenoxy) is 1. The van der Waals surface area contributed by atoms with E-state index in [1.54, 1.807) is 12.1 Å². The molecular formula is C27H30N4O3. The summed E-state index contributed by atoms with van der Waals surface area (Å²) in [7, 11) is 0. The summed E-state index contributed by atoms with van der Waals surface area (Å²) in [5.74, 6) is -0.233.